The Morgan fingerprint density at radius 2 is 2.11 bits per heavy atom. The Hall–Kier alpha value is -1.65. The van der Waals surface area contributed by atoms with Crippen molar-refractivity contribution in [3.63, 3.8) is 0 Å². The van der Waals surface area contributed by atoms with Crippen molar-refractivity contribution in [3.8, 4) is 0 Å². The molecular formula is C13H10Cl2N4. The molecule has 1 aromatic heterocycles. The highest BCUT2D eigenvalue weighted by Gasteiger charge is 2.15. The summed E-state index contributed by atoms with van der Waals surface area (Å²) in [6.45, 7) is 0. The van der Waals surface area contributed by atoms with Crippen LogP contribution in [0.25, 0.3) is 0 Å². The number of H-pyrrole nitrogens is 1. The molecule has 19 heavy (non-hydrogen) atoms. The lowest BCUT2D eigenvalue weighted by Crippen LogP contribution is -2.07. The first-order valence-corrected chi connectivity index (χ1v) is 6.50. The lowest BCUT2D eigenvalue weighted by molar-refractivity contribution is 1.01. The zero-order chi connectivity index (χ0) is 13.4. The summed E-state index contributed by atoms with van der Waals surface area (Å²) in [6, 6.07) is 5.52. The Balaban J connectivity index is 1.86. The third kappa shape index (κ3) is 2.55. The van der Waals surface area contributed by atoms with Gasteiger partial charge in [0.2, 0.25) is 0 Å². The summed E-state index contributed by atoms with van der Waals surface area (Å²) >= 11 is 11.9. The minimum absolute atomic E-state index is 0.484. The van der Waals surface area contributed by atoms with Gasteiger partial charge in [-0.1, -0.05) is 29.3 Å². The van der Waals surface area contributed by atoms with Crippen LogP contribution in [-0.2, 0) is 12.8 Å². The Labute approximate surface area is 120 Å². The average Bonchev–Trinajstić information content (AvgIpc) is 2.75. The summed E-state index contributed by atoms with van der Waals surface area (Å²) in [4.78, 5) is 11.7. The number of hydrogen-bond acceptors (Lipinski definition) is 3. The van der Waals surface area contributed by atoms with Crippen molar-refractivity contribution >= 4 is 40.9 Å². The third-order valence-electron chi connectivity index (χ3n) is 2.87. The number of fused-ring (bicyclic) bond motifs is 1. The number of rotatable bonds is 2. The fourth-order valence-corrected chi connectivity index (χ4v) is 2.31. The number of benzene rings is 1. The second-order valence-electron chi connectivity index (χ2n) is 4.37. The molecule has 0 aliphatic carbocycles. The van der Waals surface area contributed by atoms with Crippen LogP contribution in [0.4, 0.5) is 5.82 Å². The molecule has 0 radical (unpaired) electrons. The van der Waals surface area contributed by atoms with Gasteiger partial charge in [-0.2, -0.15) is 0 Å². The largest absolute Gasteiger partial charge is 0.343 e. The molecule has 2 heterocycles. The second kappa shape index (κ2) is 4.79. The SMILES string of the molecule is N=C1C=Nc2nc(Cc3ccc(Cl)c(Cl)c3)[nH]c2C1. The lowest BCUT2D eigenvalue weighted by atomic mass is 10.1. The van der Waals surface area contributed by atoms with Crippen molar-refractivity contribution in [3.05, 3.63) is 45.3 Å². The van der Waals surface area contributed by atoms with Crippen molar-refractivity contribution in [1.82, 2.24) is 9.97 Å². The summed E-state index contributed by atoms with van der Waals surface area (Å²) in [7, 11) is 0. The smallest absolute Gasteiger partial charge is 0.173 e. The van der Waals surface area contributed by atoms with Crippen molar-refractivity contribution in [2.45, 2.75) is 12.8 Å². The summed E-state index contributed by atoms with van der Waals surface area (Å²) < 4.78 is 0. The van der Waals surface area contributed by atoms with Gasteiger partial charge in [0.1, 0.15) is 5.82 Å². The Bertz CT molecular complexity index is 688. The Kier molecular flexibility index (Phi) is 3.12. The van der Waals surface area contributed by atoms with Gasteiger partial charge in [0.25, 0.3) is 0 Å². The van der Waals surface area contributed by atoms with E-state index in [4.69, 9.17) is 28.6 Å². The number of nitrogens with one attached hydrogen (secondary N) is 2. The number of nitrogens with zero attached hydrogens (tertiary/aromatic N) is 2. The van der Waals surface area contributed by atoms with E-state index >= 15 is 0 Å². The number of imidazole rings is 1. The van der Waals surface area contributed by atoms with Crippen LogP contribution in [0, 0.1) is 5.41 Å². The monoisotopic (exact) mass is 292 g/mol. The van der Waals surface area contributed by atoms with Gasteiger partial charge in [0.15, 0.2) is 5.82 Å². The number of halogens is 2. The predicted octanol–water partition coefficient (Wildman–Crippen LogP) is 3.59. The van der Waals surface area contributed by atoms with Gasteiger partial charge in [-0.3, -0.25) is 0 Å². The summed E-state index contributed by atoms with van der Waals surface area (Å²) in [5, 5.41) is 8.65. The molecule has 0 amide bonds. The van der Waals surface area contributed by atoms with Crippen molar-refractivity contribution in [1.29, 1.82) is 5.41 Å². The van der Waals surface area contributed by atoms with E-state index in [9.17, 15) is 0 Å². The van der Waals surface area contributed by atoms with Crippen LogP contribution >= 0.6 is 23.2 Å². The number of aromatic amines is 1. The van der Waals surface area contributed by atoms with E-state index in [1.807, 2.05) is 12.1 Å². The Morgan fingerprint density at radius 1 is 1.26 bits per heavy atom. The molecule has 3 rings (SSSR count). The maximum absolute atomic E-state index is 7.57. The van der Waals surface area contributed by atoms with Crippen molar-refractivity contribution in [2.75, 3.05) is 0 Å². The summed E-state index contributed by atoms with van der Waals surface area (Å²) in [6.07, 6.45) is 2.71. The zero-order valence-corrected chi connectivity index (χ0v) is 11.4. The van der Waals surface area contributed by atoms with E-state index in [2.05, 4.69) is 15.0 Å². The molecule has 0 spiro atoms. The Morgan fingerprint density at radius 3 is 2.89 bits per heavy atom. The average molecular weight is 293 g/mol. The first-order valence-electron chi connectivity index (χ1n) is 5.75. The van der Waals surface area contributed by atoms with E-state index in [1.165, 1.54) is 6.21 Å². The first kappa shape index (κ1) is 12.4. The van der Waals surface area contributed by atoms with Gasteiger partial charge < -0.3 is 10.4 Å². The van der Waals surface area contributed by atoms with Gasteiger partial charge in [-0.05, 0) is 17.7 Å². The third-order valence-corrected chi connectivity index (χ3v) is 3.61. The summed E-state index contributed by atoms with van der Waals surface area (Å²) in [5.41, 5.74) is 2.40. The molecule has 96 valence electrons. The fourth-order valence-electron chi connectivity index (χ4n) is 1.99. The molecule has 1 aliphatic heterocycles. The molecule has 1 aromatic carbocycles. The minimum Gasteiger partial charge on any atom is -0.343 e. The van der Waals surface area contributed by atoms with Gasteiger partial charge in [0.05, 0.1) is 27.7 Å². The van der Waals surface area contributed by atoms with Gasteiger partial charge in [-0.25, -0.2) is 9.98 Å². The fraction of sp³-hybridized carbons (Fsp3) is 0.154. The van der Waals surface area contributed by atoms with E-state index in [0.717, 1.165) is 17.1 Å². The quantitative estimate of drug-likeness (QED) is 0.873. The molecule has 0 fully saturated rings. The molecule has 1 aliphatic rings. The van der Waals surface area contributed by atoms with Crippen LogP contribution in [0.1, 0.15) is 17.1 Å². The predicted molar refractivity (Wildman–Crippen MR) is 77.4 cm³/mol. The van der Waals surface area contributed by atoms with Crippen molar-refractivity contribution in [2.24, 2.45) is 4.99 Å². The lowest BCUT2D eigenvalue weighted by Gasteiger charge is -2.02. The van der Waals surface area contributed by atoms with Gasteiger partial charge in [0, 0.05) is 12.8 Å². The molecule has 0 bridgehead atoms. The molecule has 2 aromatic rings. The number of aromatic nitrogens is 2. The molecule has 0 atom stereocenters. The topological polar surface area (TPSA) is 64.9 Å². The van der Waals surface area contributed by atoms with E-state index in [1.54, 1.807) is 6.07 Å². The first-order chi connectivity index (χ1) is 9.11. The molecule has 0 saturated heterocycles. The minimum atomic E-state index is 0.484. The van der Waals surface area contributed by atoms with Gasteiger partial charge in [-0.15, -0.1) is 0 Å². The van der Waals surface area contributed by atoms with E-state index in [0.29, 0.717) is 34.4 Å². The zero-order valence-electron chi connectivity index (χ0n) is 9.87. The molecule has 4 nitrogen and oxygen atoms in total. The molecule has 2 N–H and O–H groups in total. The molecule has 0 unspecified atom stereocenters. The maximum atomic E-state index is 7.57. The molecular weight excluding hydrogens is 283 g/mol. The van der Waals surface area contributed by atoms with Gasteiger partial charge >= 0.3 is 0 Å². The molecule has 0 saturated carbocycles. The number of hydrogen-bond donors (Lipinski definition) is 2. The van der Waals surface area contributed by atoms with Crippen LogP contribution in [0.15, 0.2) is 23.2 Å². The van der Waals surface area contributed by atoms with Crippen LogP contribution < -0.4 is 0 Å². The molecule has 6 heteroatoms. The van der Waals surface area contributed by atoms with Crippen LogP contribution in [0.2, 0.25) is 10.0 Å². The highest BCUT2D eigenvalue weighted by Crippen LogP contribution is 2.25. The standard InChI is InChI=1S/C13H10Cl2N4/c14-9-2-1-7(3-10(9)15)4-12-18-11-5-8(16)6-17-13(11)19-12/h1-3,6,16H,4-5H2,(H,18,19). The van der Waals surface area contributed by atoms with E-state index < -0.39 is 0 Å². The van der Waals surface area contributed by atoms with Crippen LogP contribution in [0.5, 0.6) is 0 Å². The highest BCUT2D eigenvalue weighted by molar-refractivity contribution is 6.42. The maximum Gasteiger partial charge on any atom is 0.173 e. The normalized spacial score (nSPS) is 13.7. The number of aliphatic imine (C=N–C) groups is 1. The van der Waals surface area contributed by atoms with E-state index in [-0.39, 0.29) is 0 Å². The van der Waals surface area contributed by atoms with Crippen LogP contribution in [0.3, 0.4) is 0 Å². The summed E-state index contributed by atoms with van der Waals surface area (Å²) in [5.74, 6) is 1.49. The van der Waals surface area contributed by atoms with Crippen molar-refractivity contribution < 1.29 is 0 Å². The van der Waals surface area contributed by atoms with Crippen LogP contribution in [-0.4, -0.2) is 21.9 Å². The highest BCUT2D eigenvalue weighted by atomic mass is 35.5. The second-order valence-corrected chi connectivity index (χ2v) is 5.19.